The van der Waals surface area contributed by atoms with Crippen molar-refractivity contribution >= 4 is 0 Å². The molecule has 0 saturated carbocycles. The molecule has 0 saturated heterocycles. The molecular formula is C5H5. The average molecular weight is 65.1 g/mol. The summed E-state index contributed by atoms with van der Waals surface area (Å²) in [4.78, 5) is 0. The Kier molecular flexibility index (Phi) is 2.84. The molecular weight excluding hydrogens is 60.1 g/mol. The lowest BCUT2D eigenvalue weighted by Crippen LogP contribution is -1.22. The third-order valence-electron chi connectivity index (χ3n) is 0.213. The van der Waals surface area contributed by atoms with Gasteiger partial charge in [0, 0.05) is 6.08 Å². The highest BCUT2D eigenvalue weighted by Crippen LogP contribution is 1.47. The Bertz CT molecular complexity index is 78.2. The van der Waals surface area contributed by atoms with Gasteiger partial charge in [-0.3, -0.25) is 0 Å². The Morgan fingerprint density at radius 2 is 2.20 bits per heavy atom. The molecule has 25 valence electrons. The normalized spacial score (nSPS) is 4.20. The maximum atomic E-state index is 3.25. The molecule has 0 atom stereocenters. The number of allylic oxidation sites excluding steroid dienone is 1. The van der Waals surface area contributed by atoms with E-state index in [1.165, 1.54) is 0 Å². The van der Waals surface area contributed by atoms with E-state index in [1.54, 1.807) is 6.92 Å². The number of hydrogen-bond donors (Lipinski definition) is 0. The lowest BCUT2D eigenvalue weighted by Gasteiger charge is -1.38. The summed E-state index contributed by atoms with van der Waals surface area (Å²) in [5, 5.41) is 0. The first-order valence-corrected chi connectivity index (χ1v) is 1.35. The van der Waals surface area contributed by atoms with Gasteiger partial charge in [0.05, 0.1) is 0 Å². The van der Waals surface area contributed by atoms with Crippen molar-refractivity contribution in [2.24, 2.45) is 0 Å². The molecule has 1 radical (unpaired) electrons. The monoisotopic (exact) mass is 65.0 g/mol. The zero-order valence-electron chi connectivity index (χ0n) is 3.21. The minimum atomic E-state index is 1.75. The molecule has 0 aliphatic heterocycles. The summed E-state index contributed by atoms with van der Waals surface area (Å²) >= 11 is 0. The summed E-state index contributed by atoms with van der Waals surface area (Å²) in [5.74, 6) is 0. The minimum Gasteiger partial charge on any atom is -0.0778 e. The van der Waals surface area contributed by atoms with Gasteiger partial charge in [0.2, 0.25) is 0 Å². The second kappa shape index (κ2) is 3.30. The van der Waals surface area contributed by atoms with E-state index in [-0.39, 0.29) is 0 Å². The van der Waals surface area contributed by atoms with E-state index in [4.69, 9.17) is 0 Å². The average Bonchev–Trinajstić information content (AvgIpc) is 1.41. The van der Waals surface area contributed by atoms with E-state index >= 15 is 0 Å². The molecule has 0 unspecified atom stereocenters. The molecule has 0 heteroatoms. The van der Waals surface area contributed by atoms with Gasteiger partial charge >= 0.3 is 0 Å². The summed E-state index contributed by atoms with van der Waals surface area (Å²) in [6.45, 7) is 5.00. The zero-order chi connectivity index (χ0) is 4.12. The topological polar surface area (TPSA) is 0 Å². The third kappa shape index (κ3) is 3.30. The first-order chi connectivity index (χ1) is 2.41. The SMILES string of the molecule is C=C=C=[C]C. The van der Waals surface area contributed by atoms with Crippen LogP contribution in [-0.4, -0.2) is 0 Å². The van der Waals surface area contributed by atoms with E-state index < -0.39 is 0 Å². The standard InChI is InChI=1S/C5H5/c1-3-5-4-2/h1H2,2H3. The lowest BCUT2D eigenvalue weighted by molar-refractivity contribution is 1.69. The van der Waals surface area contributed by atoms with Gasteiger partial charge in [0.1, 0.15) is 0 Å². The Morgan fingerprint density at radius 3 is 2.20 bits per heavy atom. The molecule has 0 amide bonds. The molecule has 0 rings (SSSR count). The maximum Gasteiger partial charge on any atom is 0.0105 e. The van der Waals surface area contributed by atoms with Gasteiger partial charge in [-0.15, -0.1) is 0 Å². The van der Waals surface area contributed by atoms with Crippen LogP contribution in [0.25, 0.3) is 0 Å². The third-order valence-corrected chi connectivity index (χ3v) is 0.213. The Balaban J connectivity index is 3.75. The Labute approximate surface area is 32.1 Å². The van der Waals surface area contributed by atoms with Gasteiger partial charge < -0.3 is 0 Å². The molecule has 0 N–H and O–H groups in total. The van der Waals surface area contributed by atoms with Crippen molar-refractivity contribution in [1.82, 2.24) is 0 Å². The molecule has 5 heavy (non-hydrogen) atoms. The molecule has 0 aliphatic rings. The maximum absolute atomic E-state index is 3.25. The predicted octanol–water partition coefficient (Wildman–Crippen LogP) is 1.31. The van der Waals surface area contributed by atoms with Crippen LogP contribution < -0.4 is 0 Å². The van der Waals surface area contributed by atoms with E-state index in [0.29, 0.717) is 0 Å². The van der Waals surface area contributed by atoms with Crippen LogP contribution in [0.15, 0.2) is 18.0 Å². The molecule has 0 bridgehead atoms. The molecule has 0 heterocycles. The van der Waals surface area contributed by atoms with Crippen LogP contribution in [0.2, 0.25) is 0 Å². The molecule has 0 spiro atoms. The molecule has 0 aromatic carbocycles. The lowest BCUT2D eigenvalue weighted by atomic mass is 10.7. The molecule has 0 aliphatic carbocycles. The van der Waals surface area contributed by atoms with Crippen molar-refractivity contribution in [2.75, 3.05) is 0 Å². The fourth-order valence-electron chi connectivity index (χ4n) is 0.0884. The molecule has 0 aromatic heterocycles. The van der Waals surface area contributed by atoms with Crippen LogP contribution in [-0.2, 0) is 0 Å². The van der Waals surface area contributed by atoms with Crippen LogP contribution in [0.3, 0.4) is 0 Å². The number of hydrogen-bond acceptors (Lipinski definition) is 0. The summed E-state index contributed by atoms with van der Waals surface area (Å²) in [6.07, 6.45) is 2.59. The summed E-state index contributed by atoms with van der Waals surface area (Å²) in [5.41, 5.74) is 4.91. The van der Waals surface area contributed by atoms with E-state index in [1.807, 2.05) is 0 Å². The molecule has 0 aromatic rings. The van der Waals surface area contributed by atoms with Crippen molar-refractivity contribution in [3.8, 4) is 0 Å². The van der Waals surface area contributed by atoms with Gasteiger partial charge in [0.15, 0.2) is 0 Å². The van der Waals surface area contributed by atoms with Crippen molar-refractivity contribution in [3.63, 3.8) is 0 Å². The van der Waals surface area contributed by atoms with Crippen molar-refractivity contribution in [3.05, 3.63) is 24.1 Å². The van der Waals surface area contributed by atoms with Crippen molar-refractivity contribution in [1.29, 1.82) is 0 Å². The predicted molar refractivity (Wildman–Crippen MR) is 21.6 cm³/mol. The second-order valence-corrected chi connectivity index (χ2v) is 0.552. The van der Waals surface area contributed by atoms with Gasteiger partial charge in [0.25, 0.3) is 0 Å². The van der Waals surface area contributed by atoms with Gasteiger partial charge in [-0.2, -0.15) is 0 Å². The second-order valence-electron chi connectivity index (χ2n) is 0.552. The van der Waals surface area contributed by atoms with Crippen LogP contribution in [0.1, 0.15) is 6.92 Å². The van der Waals surface area contributed by atoms with Crippen LogP contribution >= 0.6 is 0 Å². The summed E-state index contributed by atoms with van der Waals surface area (Å²) in [6, 6.07) is 0. The van der Waals surface area contributed by atoms with Gasteiger partial charge in [-0.05, 0) is 13.5 Å². The smallest absolute Gasteiger partial charge is 0.0105 e. The van der Waals surface area contributed by atoms with E-state index in [2.05, 4.69) is 24.1 Å². The van der Waals surface area contributed by atoms with Gasteiger partial charge in [-0.25, -0.2) is 0 Å². The highest BCUT2D eigenvalue weighted by atomic mass is 13.4. The Morgan fingerprint density at radius 1 is 1.60 bits per heavy atom. The van der Waals surface area contributed by atoms with E-state index in [0.717, 1.165) is 0 Å². The van der Waals surface area contributed by atoms with Crippen molar-refractivity contribution < 1.29 is 0 Å². The number of rotatable bonds is 0. The van der Waals surface area contributed by atoms with Gasteiger partial charge in [-0.1, -0.05) is 11.5 Å². The zero-order valence-corrected chi connectivity index (χ0v) is 3.21. The first-order valence-electron chi connectivity index (χ1n) is 1.35. The molecule has 0 fully saturated rings. The quantitative estimate of drug-likeness (QED) is 0.373. The highest BCUT2D eigenvalue weighted by molar-refractivity contribution is 4.69. The largest absolute Gasteiger partial charge is 0.0778 e. The van der Waals surface area contributed by atoms with Crippen molar-refractivity contribution in [2.45, 2.75) is 6.92 Å². The summed E-state index contributed by atoms with van der Waals surface area (Å²) in [7, 11) is 0. The first kappa shape index (κ1) is 4.30. The Hall–Kier alpha value is -0.700. The fraction of sp³-hybridized carbons (Fsp3) is 0.200. The van der Waals surface area contributed by atoms with E-state index in [9.17, 15) is 0 Å². The van der Waals surface area contributed by atoms with Crippen LogP contribution in [0.4, 0.5) is 0 Å². The minimum absolute atomic E-state index is 1.75. The summed E-state index contributed by atoms with van der Waals surface area (Å²) < 4.78 is 0. The molecule has 0 nitrogen and oxygen atoms in total. The van der Waals surface area contributed by atoms with Crippen LogP contribution in [0.5, 0.6) is 0 Å². The van der Waals surface area contributed by atoms with Crippen LogP contribution in [0, 0.1) is 6.08 Å². The highest BCUT2D eigenvalue weighted by Gasteiger charge is 1.32. The fourth-order valence-corrected chi connectivity index (χ4v) is 0.0884.